The lowest BCUT2D eigenvalue weighted by Crippen LogP contribution is -2.57. The molecule has 0 saturated carbocycles. The number of aromatic nitrogens is 4. The predicted octanol–water partition coefficient (Wildman–Crippen LogP) is 1.48. The summed E-state index contributed by atoms with van der Waals surface area (Å²) in [5.41, 5.74) is 0.827. The molecule has 1 fully saturated rings. The van der Waals surface area contributed by atoms with Crippen LogP contribution < -0.4 is 10.6 Å². The molecule has 3 amide bonds. The third kappa shape index (κ3) is 6.89. The van der Waals surface area contributed by atoms with Gasteiger partial charge in [-0.2, -0.15) is 0 Å². The molecule has 12 heteroatoms. The number of hydrogen-bond acceptors (Lipinski definition) is 8. The fourth-order valence-corrected chi connectivity index (χ4v) is 4.25. The molecule has 1 aliphatic rings. The summed E-state index contributed by atoms with van der Waals surface area (Å²) in [5, 5.41) is 16.4. The first kappa shape index (κ1) is 27.8. The number of ketones is 1. The van der Waals surface area contributed by atoms with Crippen LogP contribution in [-0.4, -0.2) is 73.5 Å². The summed E-state index contributed by atoms with van der Waals surface area (Å²) in [6, 6.07) is 6.73. The zero-order chi connectivity index (χ0) is 27.1. The van der Waals surface area contributed by atoms with Crippen molar-refractivity contribution in [2.45, 2.75) is 65.3 Å². The van der Waals surface area contributed by atoms with Crippen LogP contribution in [0.3, 0.4) is 0 Å². The summed E-state index contributed by atoms with van der Waals surface area (Å²) in [6.45, 7) is 7.69. The maximum absolute atomic E-state index is 13.5. The third-order valence-corrected chi connectivity index (χ3v) is 6.34. The first-order chi connectivity index (χ1) is 17.6. The van der Waals surface area contributed by atoms with Crippen LogP contribution in [0, 0.1) is 11.8 Å². The van der Waals surface area contributed by atoms with Gasteiger partial charge in [0.1, 0.15) is 18.7 Å². The summed E-state index contributed by atoms with van der Waals surface area (Å²) in [6.07, 6.45) is 0.366. The van der Waals surface area contributed by atoms with Crippen molar-refractivity contribution < 1.29 is 23.9 Å². The van der Waals surface area contributed by atoms with Crippen LogP contribution in [0.1, 0.15) is 56.7 Å². The Balaban J connectivity index is 1.66. The van der Waals surface area contributed by atoms with E-state index in [0.29, 0.717) is 19.4 Å². The van der Waals surface area contributed by atoms with Crippen molar-refractivity contribution in [3.63, 3.8) is 0 Å². The fraction of sp³-hybridized carbons (Fsp3) is 0.560. The lowest BCUT2D eigenvalue weighted by Gasteiger charge is -2.31. The Hall–Kier alpha value is -3.83. The molecule has 2 N–H and O–H groups in total. The Morgan fingerprint density at radius 3 is 2.30 bits per heavy atom. The largest absolute Gasteiger partial charge is 0.445 e. The van der Waals surface area contributed by atoms with Gasteiger partial charge in [-0.3, -0.25) is 14.4 Å². The molecule has 1 aliphatic heterocycles. The van der Waals surface area contributed by atoms with Crippen molar-refractivity contribution in [3.05, 3.63) is 41.7 Å². The molecule has 200 valence electrons. The Kier molecular flexibility index (Phi) is 9.31. The van der Waals surface area contributed by atoms with Gasteiger partial charge in [0.2, 0.25) is 23.4 Å². The number of rotatable bonds is 10. The highest BCUT2D eigenvalue weighted by atomic mass is 16.5. The van der Waals surface area contributed by atoms with Gasteiger partial charge in [-0.1, -0.05) is 58.0 Å². The molecule has 1 saturated heterocycles. The number of nitrogens with one attached hydrogen (secondary N) is 2. The maximum atomic E-state index is 13.5. The number of aryl methyl sites for hydroxylation is 1. The van der Waals surface area contributed by atoms with Gasteiger partial charge >= 0.3 is 6.09 Å². The van der Waals surface area contributed by atoms with E-state index >= 15 is 0 Å². The number of carbonyl (C=O) groups excluding carboxylic acids is 4. The van der Waals surface area contributed by atoms with Gasteiger partial charge < -0.3 is 20.3 Å². The van der Waals surface area contributed by atoms with E-state index in [2.05, 4.69) is 26.2 Å². The first-order valence-corrected chi connectivity index (χ1v) is 12.4. The van der Waals surface area contributed by atoms with Crippen molar-refractivity contribution in [1.29, 1.82) is 0 Å². The van der Waals surface area contributed by atoms with Crippen molar-refractivity contribution in [3.8, 4) is 0 Å². The predicted molar refractivity (Wildman–Crippen MR) is 133 cm³/mol. The number of amides is 3. The van der Waals surface area contributed by atoms with Crippen LogP contribution in [0.25, 0.3) is 0 Å². The van der Waals surface area contributed by atoms with Crippen molar-refractivity contribution in [2.24, 2.45) is 18.9 Å². The van der Waals surface area contributed by atoms with Gasteiger partial charge in [-0.05, 0) is 40.7 Å². The van der Waals surface area contributed by atoms with Crippen LogP contribution in [0.4, 0.5) is 4.79 Å². The quantitative estimate of drug-likeness (QED) is 0.454. The lowest BCUT2D eigenvalue weighted by molar-refractivity contribution is -0.141. The monoisotopic (exact) mass is 513 g/mol. The highest BCUT2D eigenvalue weighted by Gasteiger charge is 2.40. The van der Waals surface area contributed by atoms with Gasteiger partial charge in [-0.15, -0.1) is 5.10 Å². The molecule has 0 spiro atoms. The third-order valence-electron chi connectivity index (χ3n) is 6.34. The standard InChI is InChI=1S/C25H35N7O5/c1-15(2)19(21(33)22-28-29-30-31(22)5)26-23(34)18-12-9-13-32(18)24(35)20(16(3)4)27-25(36)37-14-17-10-7-6-8-11-17/h6-8,10-11,15-16,18-20H,9,12-14H2,1-5H3,(H,26,34)(H,27,36)/t18-,19-,20-/m0/s1. The maximum Gasteiger partial charge on any atom is 0.408 e. The van der Waals surface area contributed by atoms with Gasteiger partial charge in [0.05, 0.1) is 6.04 Å². The molecule has 0 unspecified atom stereocenters. The van der Waals surface area contributed by atoms with Crippen LogP contribution in [0.5, 0.6) is 0 Å². The lowest BCUT2D eigenvalue weighted by atomic mass is 9.98. The van der Waals surface area contributed by atoms with Crippen molar-refractivity contribution >= 4 is 23.7 Å². The molecule has 1 aromatic carbocycles. The number of tetrazole rings is 1. The van der Waals surface area contributed by atoms with Crippen LogP contribution in [0.2, 0.25) is 0 Å². The Morgan fingerprint density at radius 2 is 1.70 bits per heavy atom. The number of nitrogens with zero attached hydrogens (tertiary/aromatic N) is 5. The summed E-state index contributed by atoms with van der Waals surface area (Å²) in [7, 11) is 1.55. The normalized spacial score (nSPS) is 16.9. The highest BCUT2D eigenvalue weighted by molar-refractivity contribution is 6.00. The SMILES string of the molecule is CC(C)[C@H](NC(=O)[C@@H]1CCCN1C(=O)[C@@H](NC(=O)OCc1ccccc1)C(C)C)C(=O)c1nnnn1C. The van der Waals surface area contributed by atoms with Crippen LogP contribution in [-0.2, 0) is 28.0 Å². The number of alkyl carbamates (subject to hydrolysis) is 1. The zero-order valence-corrected chi connectivity index (χ0v) is 21.9. The zero-order valence-electron chi connectivity index (χ0n) is 21.9. The second kappa shape index (κ2) is 12.4. The van der Waals surface area contributed by atoms with E-state index in [9.17, 15) is 19.2 Å². The second-order valence-electron chi connectivity index (χ2n) is 9.84. The van der Waals surface area contributed by atoms with Crippen molar-refractivity contribution in [2.75, 3.05) is 6.54 Å². The molecule has 3 rings (SSSR count). The molecule has 0 bridgehead atoms. The molecule has 3 atom stereocenters. The molecular formula is C25H35N7O5. The first-order valence-electron chi connectivity index (χ1n) is 12.4. The summed E-state index contributed by atoms with van der Waals surface area (Å²) < 4.78 is 6.55. The van der Waals surface area contributed by atoms with Gasteiger partial charge in [0.15, 0.2) is 0 Å². The second-order valence-corrected chi connectivity index (χ2v) is 9.84. The number of likely N-dealkylation sites (tertiary alicyclic amines) is 1. The number of Topliss-reactive ketones (excluding diaryl/α,β-unsaturated/α-hetero) is 1. The number of carbonyl (C=O) groups is 4. The van der Waals surface area contributed by atoms with E-state index in [0.717, 1.165) is 5.56 Å². The summed E-state index contributed by atoms with van der Waals surface area (Å²) >= 11 is 0. The molecule has 2 aromatic rings. The number of ether oxygens (including phenoxy) is 1. The highest BCUT2D eigenvalue weighted by Crippen LogP contribution is 2.21. The van der Waals surface area contributed by atoms with E-state index < -0.39 is 35.9 Å². The minimum atomic E-state index is -0.871. The van der Waals surface area contributed by atoms with Gasteiger partial charge in [0.25, 0.3) is 0 Å². The minimum Gasteiger partial charge on any atom is -0.445 e. The molecule has 2 heterocycles. The number of benzene rings is 1. The van der Waals surface area contributed by atoms with Gasteiger partial charge in [-0.25, -0.2) is 9.48 Å². The van der Waals surface area contributed by atoms with E-state index in [1.807, 2.05) is 58.0 Å². The van der Waals surface area contributed by atoms with Crippen LogP contribution >= 0.6 is 0 Å². The molecule has 0 aliphatic carbocycles. The summed E-state index contributed by atoms with van der Waals surface area (Å²) in [5.74, 6) is -1.64. The molecule has 0 radical (unpaired) electrons. The molecular weight excluding hydrogens is 478 g/mol. The average Bonchev–Trinajstić information content (AvgIpc) is 3.53. The molecule has 12 nitrogen and oxygen atoms in total. The summed E-state index contributed by atoms with van der Waals surface area (Å²) in [4.78, 5) is 53.7. The number of hydrogen-bond donors (Lipinski definition) is 2. The Bertz CT molecular complexity index is 1100. The van der Waals surface area contributed by atoms with Gasteiger partial charge in [0, 0.05) is 13.6 Å². The van der Waals surface area contributed by atoms with E-state index in [-0.39, 0.29) is 30.2 Å². The fourth-order valence-electron chi connectivity index (χ4n) is 4.25. The minimum absolute atomic E-state index is 0.0384. The van der Waals surface area contributed by atoms with Crippen LogP contribution in [0.15, 0.2) is 30.3 Å². The molecule has 1 aromatic heterocycles. The van der Waals surface area contributed by atoms with E-state index in [1.54, 1.807) is 7.05 Å². The van der Waals surface area contributed by atoms with E-state index in [1.165, 1.54) is 9.58 Å². The van der Waals surface area contributed by atoms with E-state index in [4.69, 9.17) is 4.74 Å². The van der Waals surface area contributed by atoms with Crippen molar-refractivity contribution in [1.82, 2.24) is 35.7 Å². The average molecular weight is 514 g/mol. The smallest absolute Gasteiger partial charge is 0.408 e. The Labute approximate surface area is 216 Å². The Morgan fingerprint density at radius 1 is 1.03 bits per heavy atom. The topological polar surface area (TPSA) is 148 Å². The molecule has 37 heavy (non-hydrogen) atoms.